The molecule has 1 aromatic carbocycles. The fourth-order valence-electron chi connectivity index (χ4n) is 2.58. The van der Waals surface area contributed by atoms with Crippen LogP contribution in [-0.2, 0) is 19.4 Å². The molecule has 0 saturated carbocycles. The number of amides is 1. The van der Waals surface area contributed by atoms with Gasteiger partial charge in [-0.25, -0.2) is 13.2 Å². The number of fused-ring (bicyclic) bond motifs is 1. The first kappa shape index (κ1) is 16.9. The van der Waals surface area contributed by atoms with E-state index >= 15 is 0 Å². The molecule has 0 bridgehead atoms. The Bertz CT molecular complexity index is 854. The third-order valence-electron chi connectivity index (χ3n) is 3.86. The monoisotopic (exact) mass is 367 g/mol. The number of sulfone groups is 1. The molecule has 1 aliphatic heterocycles. The summed E-state index contributed by atoms with van der Waals surface area (Å²) >= 11 is 1.31. The molecule has 3 rings (SSSR count). The fourth-order valence-corrected chi connectivity index (χ4v) is 5.20. The van der Waals surface area contributed by atoms with E-state index < -0.39 is 33.9 Å². The quantitative estimate of drug-likeness (QED) is 0.832. The predicted molar refractivity (Wildman–Crippen MR) is 91.9 cm³/mol. The lowest BCUT2D eigenvalue weighted by atomic mass is 10.2. The van der Waals surface area contributed by atoms with E-state index in [0.29, 0.717) is 11.3 Å². The summed E-state index contributed by atoms with van der Waals surface area (Å²) in [5.74, 6) is -1.02. The van der Waals surface area contributed by atoms with Crippen LogP contribution in [0.2, 0.25) is 0 Å². The van der Waals surface area contributed by atoms with E-state index in [9.17, 15) is 18.0 Å². The van der Waals surface area contributed by atoms with Crippen LogP contribution < -0.4 is 5.32 Å². The van der Waals surface area contributed by atoms with Gasteiger partial charge in [-0.2, -0.15) is 0 Å². The molecule has 8 heteroatoms. The Hall–Kier alpha value is -1.93. The molecule has 2 atom stereocenters. The van der Waals surface area contributed by atoms with Crippen LogP contribution in [0.4, 0.5) is 0 Å². The summed E-state index contributed by atoms with van der Waals surface area (Å²) in [6, 6.07) is 8.91. The number of hydrogen-bond donors (Lipinski definition) is 1. The number of benzene rings is 1. The van der Waals surface area contributed by atoms with Crippen LogP contribution in [0.15, 0.2) is 30.3 Å². The first-order chi connectivity index (χ1) is 11.3. The van der Waals surface area contributed by atoms with Gasteiger partial charge in [0, 0.05) is 10.7 Å². The minimum atomic E-state index is -3.07. The maximum Gasteiger partial charge on any atom is 0.349 e. The molecule has 1 saturated heterocycles. The Morgan fingerprint density at radius 2 is 2.08 bits per heavy atom. The first-order valence-electron chi connectivity index (χ1n) is 7.54. The summed E-state index contributed by atoms with van der Waals surface area (Å²) in [4.78, 5) is 24.7. The Labute approximate surface area is 143 Å². The van der Waals surface area contributed by atoms with Crippen molar-refractivity contribution in [2.24, 2.45) is 0 Å². The van der Waals surface area contributed by atoms with Crippen LogP contribution >= 0.6 is 11.3 Å². The normalized spacial score (nSPS) is 20.6. The van der Waals surface area contributed by atoms with Crippen molar-refractivity contribution in [2.75, 3.05) is 11.5 Å². The SMILES string of the molecule is C[C@@H](OC(=O)c1cc2ccccc2s1)C(=O)N[C@@H]1CCS(=O)(=O)C1. The molecule has 1 fully saturated rings. The third-order valence-corrected chi connectivity index (χ3v) is 6.72. The summed E-state index contributed by atoms with van der Waals surface area (Å²) < 4.78 is 29.0. The summed E-state index contributed by atoms with van der Waals surface area (Å²) in [7, 11) is -3.07. The van der Waals surface area contributed by atoms with Crippen molar-refractivity contribution in [3.8, 4) is 0 Å². The average molecular weight is 367 g/mol. The molecule has 1 aliphatic rings. The molecule has 1 amide bonds. The minimum Gasteiger partial charge on any atom is -0.448 e. The Balaban J connectivity index is 1.60. The summed E-state index contributed by atoms with van der Waals surface area (Å²) in [5, 5.41) is 3.57. The van der Waals surface area contributed by atoms with E-state index in [2.05, 4.69) is 5.32 Å². The standard InChI is InChI=1S/C16H17NO5S2/c1-10(15(18)17-12-6-7-24(20,21)9-12)22-16(19)14-8-11-4-2-3-5-13(11)23-14/h2-5,8,10,12H,6-7,9H2,1H3,(H,17,18)/t10-,12-/m1/s1. The second-order valence-corrected chi connectivity index (χ2v) is 9.12. The van der Waals surface area contributed by atoms with Crippen molar-refractivity contribution >= 4 is 43.1 Å². The van der Waals surface area contributed by atoms with Gasteiger partial charge >= 0.3 is 5.97 Å². The van der Waals surface area contributed by atoms with Crippen molar-refractivity contribution in [3.63, 3.8) is 0 Å². The van der Waals surface area contributed by atoms with E-state index in [4.69, 9.17) is 4.74 Å². The zero-order valence-electron chi connectivity index (χ0n) is 13.0. The highest BCUT2D eigenvalue weighted by Gasteiger charge is 2.31. The molecule has 1 aromatic heterocycles. The van der Waals surface area contributed by atoms with E-state index in [1.807, 2.05) is 24.3 Å². The van der Waals surface area contributed by atoms with Crippen molar-refractivity contribution < 1.29 is 22.7 Å². The zero-order valence-corrected chi connectivity index (χ0v) is 14.7. The zero-order chi connectivity index (χ0) is 17.3. The van der Waals surface area contributed by atoms with Crippen LogP contribution in [0, 0.1) is 0 Å². The minimum absolute atomic E-state index is 0.0598. The molecule has 2 aromatic rings. The van der Waals surface area contributed by atoms with Gasteiger partial charge in [0.2, 0.25) is 0 Å². The van der Waals surface area contributed by atoms with Crippen LogP contribution in [0.1, 0.15) is 23.0 Å². The average Bonchev–Trinajstić information content (AvgIpc) is 3.10. The molecule has 0 aliphatic carbocycles. The number of carbonyl (C=O) groups excluding carboxylic acids is 2. The van der Waals surface area contributed by atoms with E-state index in [-0.39, 0.29) is 11.5 Å². The Kier molecular flexibility index (Phi) is 4.60. The second kappa shape index (κ2) is 6.52. The summed E-state index contributed by atoms with van der Waals surface area (Å²) in [5.41, 5.74) is 0. The lowest BCUT2D eigenvalue weighted by molar-refractivity contribution is -0.129. The molecule has 0 radical (unpaired) electrons. The van der Waals surface area contributed by atoms with Gasteiger partial charge < -0.3 is 10.1 Å². The summed E-state index contributed by atoms with van der Waals surface area (Å²) in [6.45, 7) is 1.48. The molecule has 2 heterocycles. The predicted octanol–water partition coefficient (Wildman–Crippen LogP) is 1.75. The number of esters is 1. The van der Waals surface area contributed by atoms with Gasteiger partial charge in [-0.15, -0.1) is 11.3 Å². The van der Waals surface area contributed by atoms with Gasteiger partial charge in [0.1, 0.15) is 4.88 Å². The van der Waals surface area contributed by atoms with Gasteiger partial charge in [0.05, 0.1) is 11.5 Å². The highest BCUT2D eigenvalue weighted by Crippen LogP contribution is 2.26. The number of thiophene rings is 1. The fraction of sp³-hybridized carbons (Fsp3) is 0.375. The van der Waals surface area contributed by atoms with Crippen LogP contribution in [0.3, 0.4) is 0 Å². The van der Waals surface area contributed by atoms with Gasteiger partial charge in [0.25, 0.3) is 5.91 Å². The third kappa shape index (κ3) is 3.76. The van der Waals surface area contributed by atoms with Crippen LogP contribution in [0.25, 0.3) is 10.1 Å². The van der Waals surface area contributed by atoms with Crippen molar-refractivity contribution in [1.82, 2.24) is 5.32 Å². The van der Waals surface area contributed by atoms with Gasteiger partial charge in [-0.05, 0) is 30.9 Å². The molecule has 0 unspecified atom stereocenters. The van der Waals surface area contributed by atoms with Crippen LogP contribution in [-0.4, -0.2) is 43.9 Å². The largest absolute Gasteiger partial charge is 0.448 e. The van der Waals surface area contributed by atoms with Crippen LogP contribution in [0.5, 0.6) is 0 Å². The maximum atomic E-state index is 12.2. The van der Waals surface area contributed by atoms with Crippen molar-refractivity contribution in [3.05, 3.63) is 35.2 Å². The molecular weight excluding hydrogens is 350 g/mol. The Morgan fingerprint density at radius 3 is 2.75 bits per heavy atom. The number of carbonyl (C=O) groups is 2. The van der Waals surface area contributed by atoms with Gasteiger partial charge in [0.15, 0.2) is 15.9 Å². The highest BCUT2D eigenvalue weighted by molar-refractivity contribution is 7.91. The molecule has 1 N–H and O–H groups in total. The molecule has 6 nitrogen and oxygen atoms in total. The van der Waals surface area contributed by atoms with Crippen molar-refractivity contribution in [1.29, 1.82) is 0 Å². The second-order valence-electron chi connectivity index (χ2n) is 5.80. The van der Waals surface area contributed by atoms with E-state index in [1.54, 1.807) is 6.07 Å². The topological polar surface area (TPSA) is 89.5 Å². The number of rotatable bonds is 4. The van der Waals surface area contributed by atoms with E-state index in [0.717, 1.165) is 10.1 Å². The van der Waals surface area contributed by atoms with Gasteiger partial charge in [-0.1, -0.05) is 18.2 Å². The Morgan fingerprint density at radius 1 is 1.33 bits per heavy atom. The lowest BCUT2D eigenvalue weighted by Gasteiger charge is -2.16. The number of ether oxygens (including phenoxy) is 1. The molecule has 128 valence electrons. The lowest BCUT2D eigenvalue weighted by Crippen LogP contribution is -2.42. The number of nitrogens with one attached hydrogen (secondary N) is 1. The van der Waals surface area contributed by atoms with E-state index in [1.165, 1.54) is 18.3 Å². The molecule has 0 spiro atoms. The maximum absolute atomic E-state index is 12.2. The van der Waals surface area contributed by atoms with Crippen molar-refractivity contribution in [2.45, 2.75) is 25.5 Å². The van der Waals surface area contributed by atoms with Gasteiger partial charge in [-0.3, -0.25) is 4.79 Å². The summed E-state index contributed by atoms with van der Waals surface area (Å²) in [6.07, 6.45) is -0.587. The first-order valence-corrected chi connectivity index (χ1v) is 10.2. The molecular formula is C16H17NO5S2. The highest BCUT2D eigenvalue weighted by atomic mass is 32.2. The smallest absolute Gasteiger partial charge is 0.349 e. The molecule has 24 heavy (non-hydrogen) atoms. The number of hydrogen-bond acceptors (Lipinski definition) is 6.